The molecular formula is C13H14ClF3O3. The molecule has 0 fully saturated rings. The van der Waals surface area contributed by atoms with Gasteiger partial charge in [0.2, 0.25) is 0 Å². The van der Waals surface area contributed by atoms with E-state index in [9.17, 15) is 18.0 Å². The van der Waals surface area contributed by atoms with Gasteiger partial charge in [-0.2, -0.15) is 13.2 Å². The predicted octanol–water partition coefficient (Wildman–Crippen LogP) is 4.08. The predicted molar refractivity (Wildman–Crippen MR) is 67.8 cm³/mol. The minimum atomic E-state index is -4.44. The third-order valence-electron chi connectivity index (χ3n) is 2.35. The highest BCUT2D eigenvalue weighted by Crippen LogP contribution is 2.34. The van der Waals surface area contributed by atoms with Crippen LogP contribution in [0.2, 0.25) is 5.02 Å². The van der Waals surface area contributed by atoms with Crippen LogP contribution in [-0.4, -0.2) is 19.2 Å². The number of alkyl halides is 3. The summed E-state index contributed by atoms with van der Waals surface area (Å²) in [6.45, 7) is 2.19. The Hall–Kier alpha value is -1.43. The number of halogens is 4. The van der Waals surface area contributed by atoms with E-state index in [0.717, 1.165) is 18.2 Å². The fourth-order valence-electron chi connectivity index (χ4n) is 1.43. The molecule has 0 saturated carbocycles. The molecule has 20 heavy (non-hydrogen) atoms. The lowest BCUT2D eigenvalue weighted by Gasteiger charge is -2.11. The van der Waals surface area contributed by atoms with Crippen LogP contribution in [0.15, 0.2) is 18.2 Å². The van der Waals surface area contributed by atoms with E-state index in [4.69, 9.17) is 21.1 Å². The van der Waals surface area contributed by atoms with E-state index in [1.807, 2.05) is 0 Å². The molecule has 0 saturated heterocycles. The second-order valence-electron chi connectivity index (χ2n) is 3.90. The zero-order valence-electron chi connectivity index (χ0n) is 10.8. The summed E-state index contributed by atoms with van der Waals surface area (Å²) in [7, 11) is 0. The topological polar surface area (TPSA) is 35.5 Å². The molecule has 0 radical (unpaired) electrons. The van der Waals surface area contributed by atoms with Crippen LogP contribution >= 0.6 is 11.6 Å². The first-order valence-corrected chi connectivity index (χ1v) is 6.37. The van der Waals surface area contributed by atoms with Crippen LogP contribution in [-0.2, 0) is 15.7 Å². The molecule has 1 rings (SSSR count). The molecule has 0 amide bonds. The van der Waals surface area contributed by atoms with Crippen molar-refractivity contribution < 1.29 is 27.4 Å². The molecule has 112 valence electrons. The van der Waals surface area contributed by atoms with Crippen molar-refractivity contribution in [2.45, 2.75) is 25.9 Å². The van der Waals surface area contributed by atoms with Crippen LogP contribution in [0.25, 0.3) is 0 Å². The summed E-state index contributed by atoms with van der Waals surface area (Å²) in [5, 5.41) is -0.115. The molecule has 0 aliphatic carbocycles. The van der Waals surface area contributed by atoms with Gasteiger partial charge in [0.1, 0.15) is 5.75 Å². The van der Waals surface area contributed by atoms with E-state index in [0.29, 0.717) is 13.0 Å². The maximum Gasteiger partial charge on any atom is 0.416 e. The Morgan fingerprint density at radius 3 is 2.60 bits per heavy atom. The fraction of sp³-hybridized carbons (Fsp3) is 0.462. The lowest BCUT2D eigenvalue weighted by molar-refractivity contribution is -0.143. The highest BCUT2D eigenvalue weighted by molar-refractivity contribution is 6.32. The third-order valence-corrected chi connectivity index (χ3v) is 2.64. The van der Waals surface area contributed by atoms with Gasteiger partial charge < -0.3 is 9.47 Å². The average Bonchev–Trinajstić information content (AvgIpc) is 2.35. The van der Waals surface area contributed by atoms with Gasteiger partial charge in [0, 0.05) is 6.42 Å². The molecule has 0 bridgehead atoms. The van der Waals surface area contributed by atoms with Crippen molar-refractivity contribution in [3.8, 4) is 5.75 Å². The number of hydrogen-bond donors (Lipinski definition) is 0. The van der Waals surface area contributed by atoms with Gasteiger partial charge >= 0.3 is 12.1 Å². The number of carbonyl (C=O) groups excluding carboxylic acids is 1. The van der Waals surface area contributed by atoms with Crippen molar-refractivity contribution in [3.63, 3.8) is 0 Å². The fourth-order valence-corrected chi connectivity index (χ4v) is 1.66. The molecule has 0 N–H and O–H groups in total. The Labute approximate surface area is 119 Å². The zero-order valence-corrected chi connectivity index (χ0v) is 11.6. The van der Waals surface area contributed by atoms with Gasteiger partial charge in [-0.05, 0) is 31.5 Å². The summed E-state index contributed by atoms with van der Waals surface area (Å²) < 4.78 is 47.2. The average molecular weight is 311 g/mol. The van der Waals surface area contributed by atoms with E-state index in [1.165, 1.54) is 0 Å². The molecule has 3 nitrogen and oxygen atoms in total. The molecule has 0 aromatic heterocycles. The molecule has 0 aliphatic rings. The van der Waals surface area contributed by atoms with E-state index in [1.54, 1.807) is 6.92 Å². The maximum atomic E-state index is 12.4. The second kappa shape index (κ2) is 7.38. The van der Waals surface area contributed by atoms with Crippen LogP contribution in [0, 0.1) is 0 Å². The highest BCUT2D eigenvalue weighted by Gasteiger charge is 2.31. The minimum absolute atomic E-state index is 0.115. The SMILES string of the molecule is CCOC(=O)CCCOc1ccc(C(F)(F)F)cc1Cl. The van der Waals surface area contributed by atoms with Gasteiger partial charge in [0.05, 0.1) is 23.8 Å². The maximum absolute atomic E-state index is 12.4. The molecule has 1 aromatic carbocycles. The number of hydrogen-bond acceptors (Lipinski definition) is 3. The Morgan fingerprint density at radius 2 is 2.05 bits per heavy atom. The highest BCUT2D eigenvalue weighted by atomic mass is 35.5. The van der Waals surface area contributed by atoms with Crippen LogP contribution < -0.4 is 4.74 Å². The Balaban J connectivity index is 2.47. The summed E-state index contributed by atoms with van der Waals surface area (Å²) >= 11 is 5.71. The number of carbonyl (C=O) groups is 1. The van der Waals surface area contributed by atoms with Gasteiger partial charge in [-0.15, -0.1) is 0 Å². The molecule has 0 atom stereocenters. The summed E-state index contributed by atoms with van der Waals surface area (Å²) in [5.41, 5.74) is -0.832. The van der Waals surface area contributed by atoms with Crippen molar-refractivity contribution in [2.24, 2.45) is 0 Å². The minimum Gasteiger partial charge on any atom is -0.492 e. The number of benzene rings is 1. The van der Waals surface area contributed by atoms with Gasteiger partial charge in [-0.1, -0.05) is 11.6 Å². The molecule has 0 spiro atoms. The Kier molecular flexibility index (Phi) is 6.13. The Bertz CT molecular complexity index is 461. The van der Waals surface area contributed by atoms with Crippen molar-refractivity contribution >= 4 is 17.6 Å². The molecule has 0 unspecified atom stereocenters. The van der Waals surface area contributed by atoms with E-state index < -0.39 is 11.7 Å². The van der Waals surface area contributed by atoms with Crippen molar-refractivity contribution in [2.75, 3.05) is 13.2 Å². The quantitative estimate of drug-likeness (QED) is 0.586. The first-order chi connectivity index (χ1) is 9.34. The summed E-state index contributed by atoms with van der Waals surface area (Å²) in [5.74, 6) is -0.182. The van der Waals surface area contributed by atoms with Gasteiger partial charge in [-0.3, -0.25) is 4.79 Å². The zero-order chi connectivity index (χ0) is 15.2. The largest absolute Gasteiger partial charge is 0.492 e. The van der Waals surface area contributed by atoms with Crippen LogP contribution in [0.4, 0.5) is 13.2 Å². The standard InChI is InChI=1S/C13H14ClF3O3/c1-2-19-12(18)4-3-7-20-11-6-5-9(8-10(11)14)13(15,16)17/h5-6,8H,2-4,7H2,1H3. The smallest absolute Gasteiger partial charge is 0.416 e. The molecule has 0 aliphatic heterocycles. The number of rotatable bonds is 6. The Morgan fingerprint density at radius 1 is 1.35 bits per heavy atom. The monoisotopic (exact) mass is 310 g/mol. The summed E-state index contributed by atoms with van der Waals surface area (Å²) in [6, 6.07) is 2.87. The molecular weight excluding hydrogens is 297 g/mol. The van der Waals surface area contributed by atoms with Gasteiger partial charge in [0.15, 0.2) is 0 Å². The second-order valence-corrected chi connectivity index (χ2v) is 4.31. The van der Waals surface area contributed by atoms with Crippen molar-refractivity contribution in [3.05, 3.63) is 28.8 Å². The van der Waals surface area contributed by atoms with E-state index in [2.05, 4.69) is 0 Å². The van der Waals surface area contributed by atoms with Crippen molar-refractivity contribution in [1.29, 1.82) is 0 Å². The molecule has 7 heteroatoms. The van der Waals surface area contributed by atoms with Gasteiger partial charge in [-0.25, -0.2) is 0 Å². The summed E-state index contributed by atoms with van der Waals surface area (Å²) in [4.78, 5) is 11.0. The first kappa shape index (κ1) is 16.6. The number of esters is 1. The van der Waals surface area contributed by atoms with Gasteiger partial charge in [0.25, 0.3) is 0 Å². The van der Waals surface area contributed by atoms with Crippen LogP contribution in [0.3, 0.4) is 0 Å². The van der Waals surface area contributed by atoms with Crippen molar-refractivity contribution in [1.82, 2.24) is 0 Å². The molecule has 1 aromatic rings. The lowest BCUT2D eigenvalue weighted by Crippen LogP contribution is -2.07. The van der Waals surface area contributed by atoms with E-state index >= 15 is 0 Å². The number of ether oxygens (including phenoxy) is 2. The summed E-state index contributed by atoms with van der Waals surface area (Å²) in [6.07, 6.45) is -3.85. The first-order valence-electron chi connectivity index (χ1n) is 5.99. The lowest BCUT2D eigenvalue weighted by atomic mass is 10.2. The van der Waals surface area contributed by atoms with Crippen LogP contribution in [0.5, 0.6) is 5.75 Å². The normalized spacial score (nSPS) is 11.2. The van der Waals surface area contributed by atoms with E-state index in [-0.39, 0.29) is 29.8 Å². The van der Waals surface area contributed by atoms with Crippen LogP contribution in [0.1, 0.15) is 25.3 Å². The molecule has 0 heterocycles. The third kappa shape index (κ3) is 5.28.